The molecular weight excluding hydrogens is 204 g/mol. The Kier molecular flexibility index (Phi) is 2.09. The lowest BCUT2D eigenvalue weighted by Gasteiger charge is -2.02. The number of hydrogen-bond donors (Lipinski definition) is 2. The van der Waals surface area contributed by atoms with E-state index in [9.17, 15) is 5.11 Å². The maximum atomic E-state index is 9.56. The number of hydrogen-bond acceptors (Lipinski definition) is 4. The first-order valence-electron chi connectivity index (χ1n) is 3.70. The highest BCUT2D eigenvalue weighted by molar-refractivity contribution is 7.80. The van der Waals surface area contributed by atoms with Gasteiger partial charge in [-0.3, -0.25) is 0 Å². The van der Waals surface area contributed by atoms with Gasteiger partial charge < -0.3 is 9.84 Å². The minimum absolute atomic E-state index is 0.252. The van der Waals surface area contributed by atoms with Crippen LogP contribution in [0.3, 0.4) is 0 Å². The van der Waals surface area contributed by atoms with Gasteiger partial charge in [0.25, 0.3) is 0 Å². The number of phenolic OH excluding ortho intramolecular Hbond substituents is 1. The first kappa shape index (κ1) is 8.72. The molecule has 0 fully saturated rings. The molecule has 1 N–H and O–H groups in total. The molecule has 0 amide bonds. The van der Waals surface area contributed by atoms with E-state index in [0.717, 1.165) is 20.7 Å². The summed E-state index contributed by atoms with van der Waals surface area (Å²) in [6.07, 6.45) is 0. The van der Waals surface area contributed by atoms with E-state index in [2.05, 4.69) is 12.6 Å². The minimum atomic E-state index is 0.252. The third-order valence-corrected chi connectivity index (χ3v) is 3.39. The zero-order valence-electron chi connectivity index (χ0n) is 6.94. The molecule has 0 saturated carbocycles. The van der Waals surface area contributed by atoms with Crippen molar-refractivity contribution < 1.29 is 9.84 Å². The second-order valence-electron chi connectivity index (χ2n) is 2.61. The van der Waals surface area contributed by atoms with Crippen LogP contribution in [0.2, 0.25) is 0 Å². The van der Waals surface area contributed by atoms with Crippen molar-refractivity contribution in [2.45, 2.75) is 4.90 Å². The van der Waals surface area contributed by atoms with Crippen LogP contribution in [0.4, 0.5) is 0 Å². The van der Waals surface area contributed by atoms with Crippen LogP contribution in [0.25, 0.3) is 10.1 Å². The number of ether oxygens (including phenoxy) is 1. The fourth-order valence-corrected chi connectivity index (χ4v) is 2.66. The first-order valence-corrected chi connectivity index (χ1v) is 5.03. The molecule has 4 heteroatoms. The van der Waals surface area contributed by atoms with E-state index < -0.39 is 0 Å². The number of thiol groups is 1. The molecule has 0 saturated heterocycles. The SMILES string of the molecule is COc1ccc(O)c2c(S)csc12. The Morgan fingerprint density at radius 2 is 2.23 bits per heavy atom. The molecule has 0 aliphatic carbocycles. The van der Waals surface area contributed by atoms with Crippen molar-refractivity contribution in [2.75, 3.05) is 7.11 Å². The molecule has 1 aromatic carbocycles. The van der Waals surface area contributed by atoms with Gasteiger partial charge in [-0.1, -0.05) is 0 Å². The molecule has 2 nitrogen and oxygen atoms in total. The molecule has 68 valence electrons. The molecule has 1 aromatic heterocycles. The summed E-state index contributed by atoms with van der Waals surface area (Å²) in [7, 11) is 1.61. The van der Waals surface area contributed by atoms with Gasteiger partial charge in [0.1, 0.15) is 11.5 Å². The average molecular weight is 212 g/mol. The van der Waals surface area contributed by atoms with Crippen LogP contribution in [0.1, 0.15) is 0 Å². The van der Waals surface area contributed by atoms with E-state index in [0.29, 0.717) is 0 Å². The van der Waals surface area contributed by atoms with Crippen LogP contribution >= 0.6 is 24.0 Å². The van der Waals surface area contributed by atoms with E-state index >= 15 is 0 Å². The van der Waals surface area contributed by atoms with Crippen molar-refractivity contribution in [1.29, 1.82) is 0 Å². The van der Waals surface area contributed by atoms with Gasteiger partial charge >= 0.3 is 0 Å². The summed E-state index contributed by atoms with van der Waals surface area (Å²) in [5.41, 5.74) is 0. The fourth-order valence-electron chi connectivity index (χ4n) is 1.25. The Hall–Kier alpha value is -0.870. The van der Waals surface area contributed by atoms with Gasteiger partial charge in [0, 0.05) is 10.3 Å². The van der Waals surface area contributed by atoms with E-state index in [4.69, 9.17) is 4.74 Å². The monoisotopic (exact) mass is 212 g/mol. The van der Waals surface area contributed by atoms with Gasteiger partial charge in [-0.25, -0.2) is 0 Å². The Morgan fingerprint density at radius 3 is 2.92 bits per heavy atom. The summed E-state index contributed by atoms with van der Waals surface area (Å²) in [5, 5.41) is 12.2. The van der Waals surface area contributed by atoms with Crippen LogP contribution in [0.5, 0.6) is 11.5 Å². The molecule has 0 unspecified atom stereocenters. The molecule has 0 bridgehead atoms. The summed E-state index contributed by atoms with van der Waals surface area (Å²) in [5.74, 6) is 1.03. The molecule has 2 aromatic rings. The first-order chi connectivity index (χ1) is 6.24. The zero-order chi connectivity index (χ0) is 9.42. The highest BCUT2D eigenvalue weighted by Crippen LogP contribution is 2.40. The molecule has 0 aliphatic heterocycles. The van der Waals surface area contributed by atoms with Crippen molar-refractivity contribution in [1.82, 2.24) is 0 Å². The van der Waals surface area contributed by atoms with Crippen molar-refractivity contribution in [2.24, 2.45) is 0 Å². The molecule has 1 heterocycles. The predicted molar refractivity (Wildman–Crippen MR) is 57.3 cm³/mol. The number of fused-ring (bicyclic) bond motifs is 1. The van der Waals surface area contributed by atoms with Gasteiger partial charge in [0.05, 0.1) is 17.2 Å². The van der Waals surface area contributed by atoms with Crippen LogP contribution in [0, 0.1) is 0 Å². The summed E-state index contributed by atoms with van der Waals surface area (Å²) >= 11 is 5.77. The molecule has 0 spiro atoms. The number of methoxy groups -OCH3 is 1. The molecule has 0 aliphatic rings. The molecule has 0 radical (unpaired) electrons. The number of benzene rings is 1. The second kappa shape index (κ2) is 3.12. The van der Waals surface area contributed by atoms with E-state index in [1.54, 1.807) is 19.2 Å². The van der Waals surface area contributed by atoms with Crippen LogP contribution in [-0.2, 0) is 0 Å². The molecule has 13 heavy (non-hydrogen) atoms. The van der Waals surface area contributed by atoms with Crippen molar-refractivity contribution in [3.63, 3.8) is 0 Å². The van der Waals surface area contributed by atoms with Crippen molar-refractivity contribution in [3.05, 3.63) is 17.5 Å². The number of phenols is 1. The Balaban J connectivity index is 2.87. The summed E-state index contributed by atoms with van der Waals surface area (Å²) in [6, 6.07) is 3.37. The quantitative estimate of drug-likeness (QED) is 0.712. The Morgan fingerprint density at radius 1 is 1.46 bits per heavy atom. The highest BCUT2D eigenvalue weighted by atomic mass is 32.1. The topological polar surface area (TPSA) is 29.5 Å². The third-order valence-electron chi connectivity index (χ3n) is 1.86. The van der Waals surface area contributed by atoms with E-state index in [1.165, 1.54) is 11.3 Å². The van der Waals surface area contributed by atoms with Crippen LogP contribution in [-0.4, -0.2) is 12.2 Å². The van der Waals surface area contributed by atoms with Gasteiger partial charge in [-0.2, -0.15) is 0 Å². The predicted octanol–water partition coefficient (Wildman–Crippen LogP) is 2.90. The number of aromatic hydroxyl groups is 1. The molecule has 0 atom stereocenters. The maximum absolute atomic E-state index is 9.56. The molecule has 2 rings (SSSR count). The van der Waals surface area contributed by atoms with Gasteiger partial charge in [-0.15, -0.1) is 24.0 Å². The summed E-state index contributed by atoms with van der Waals surface area (Å²) in [6.45, 7) is 0. The Labute approximate surface area is 85.2 Å². The van der Waals surface area contributed by atoms with Gasteiger partial charge in [0.2, 0.25) is 0 Å². The van der Waals surface area contributed by atoms with Crippen molar-refractivity contribution in [3.8, 4) is 11.5 Å². The van der Waals surface area contributed by atoms with E-state index in [-0.39, 0.29) is 5.75 Å². The van der Waals surface area contributed by atoms with Crippen LogP contribution < -0.4 is 4.74 Å². The molecular formula is C9H8O2S2. The zero-order valence-corrected chi connectivity index (χ0v) is 8.65. The third kappa shape index (κ3) is 1.26. The lowest BCUT2D eigenvalue weighted by molar-refractivity contribution is 0.419. The standard InChI is InChI=1S/C9H8O2S2/c1-11-6-3-2-5(10)8-7(12)4-13-9(6)8/h2-4,10,12H,1H3. The highest BCUT2D eigenvalue weighted by Gasteiger charge is 2.10. The van der Waals surface area contributed by atoms with Crippen LogP contribution in [0.15, 0.2) is 22.4 Å². The summed E-state index contributed by atoms with van der Waals surface area (Å²) in [4.78, 5) is 0.788. The average Bonchev–Trinajstić information content (AvgIpc) is 2.50. The van der Waals surface area contributed by atoms with Crippen molar-refractivity contribution >= 4 is 34.1 Å². The number of rotatable bonds is 1. The fraction of sp³-hybridized carbons (Fsp3) is 0.111. The Bertz CT molecular complexity index is 448. The normalized spacial score (nSPS) is 10.6. The lowest BCUT2D eigenvalue weighted by atomic mass is 10.2. The minimum Gasteiger partial charge on any atom is -0.507 e. The summed E-state index contributed by atoms with van der Waals surface area (Å²) < 4.78 is 6.10. The smallest absolute Gasteiger partial charge is 0.136 e. The largest absolute Gasteiger partial charge is 0.507 e. The van der Waals surface area contributed by atoms with Gasteiger partial charge in [0.15, 0.2) is 0 Å². The number of thiophene rings is 1. The van der Waals surface area contributed by atoms with Gasteiger partial charge in [-0.05, 0) is 12.1 Å². The van der Waals surface area contributed by atoms with E-state index in [1.807, 2.05) is 5.38 Å². The second-order valence-corrected chi connectivity index (χ2v) is 3.97. The lowest BCUT2D eigenvalue weighted by Crippen LogP contribution is -1.81. The maximum Gasteiger partial charge on any atom is 0.136 e.